The third kappa shape index (κ3) is 4.78. The van der Waals surface area contributed by atoms with Gasteiger partial charge in [-0.1, -0.05) is 30.3 Å². The van der Waals surface area contributed by atoms with E-state index in [1.54, 1.807) is 12.1 Å². The Kier molecular flexibility index (Phi) is 5.60. The highest BCUT2D eigenvalue weighted by atomic mass is 16.2. The van der Waals surface area contributed by atoms with Crippen LogP contribution < -0.4 is 10.6 Å². The maximum Gasteiger partial charge on any atom is 0.319 e. The van der Waals surface area contributed by atoms with Crippen LogP contribution in [0.2, 0.25) is 0 Å². The van der Waals surface area contributed by atoms with E-state index in [0.717, 1.165) is 26.1 Å². The van der Waals surface area contributed by atoms with Crippen molar-refractivity contribution >= 4 is 11.7 Å². The van der Waals surface area contributed by atoms with Crippen molar-refractivity contribution in [3.05, 3.63) is 59.9 Å². The van der Waals surface area contributed by atoms with Crippen molar-refractivity contribution in [2.75, 3.05) is 31.5 Å². The number of nitriles is 1. The van der Waals surface area contributed by atoms with Gasteiger partial charge in [-0.2, -0.15) is 5.26 Å². The van der Waals surface area contributed by atoms with Crippen LogP contribution in [-0.4, -0.2) is 42.1 Å². The maximum atomic E-state index is 11.9. The Labute approximate surface area is 147 Å². The van der Waals surface area contributed by atoms with Gasteiger partial charge in [0.2, 0.25) is 0 Å². The second kappa shape index (κ2) is 8.27. The number of carbonyl (C=O) groups excluding carboxylic acids is 1. The molecule has 2 N–H and O–H groups in total. The molecule has 128 valence electrons. The van der Waals surface area contributed by atoms with Crippen LogP contribution in [0.4, 0.5) is 10.5 Å². The molecule has 1 aromatic heterocycles. The second-order valence-corrected chi connectivity index (χ2v) is 6.12. The molecule has 0 bridgehead atoms. The molecule has 2 aromatic rings. The lowest BCUT2D eigenvalue weighted by Gasteiger charge is -2.16. The van der Waals surface area contributed by atoms with E-state index in [0.29, 0.717) is 23.8 Å². The molecule has 0 saturated carbocycles. The van der Waals surface area contributed by atoms with Crippen LogP contribution in [0.5, 0.6) is 0 Å². The van der Waals surface area contributed by atoms with Gasteiger partial charge in [0, 0.05) is 19.6 Å². The highest BCUT2D eigenvalue weighted by molar-refractivity contribution is 5.88. The molecule has 1 aliphatic heterocycles. The molecule has 6 nitrogen and oxygen atoms in total. The van der Waals surface area contributed by atoms with Crippen LogP contribution in [-0.2, 0) is 0 Å². The summed E-state index contributed by atoms with van der Waals surface area (Å²) in [5.41, 5.74) is 2.29. The average Bonchev–Trinajstić information content (AvgIpc) is 3.12. The third-order valence-corrected chi connectivity index (χ3v) is 4.39. The summed E-state index contributed by atoms with van der Waals surface area (Å²) in [4.78, 5) is 18.2. The number of pyridine rings is 1. The quantitative estimate of drug-likeness (QED) is 0.880. The van der Waals surface area contributed by atoms with Gasteiger partial charge >= 0.3 is 6.03 Å². The number of carbonyl (C=O) groups is 1. The topological polar surface area (TPSA) is 81.0 Å². The largest absolute Gasteiger partial charge is 0.337 e. The number of urea groups is 1. The van der Waals surface area contributed by atoms with E-state index in [1.165, 1.54) is 11.8 Å². The number of rotatable bonds is 5. The van der Waals surface area contributed by atoms with Crippen LogP contribution in [0, 0.1) is 11.3 Å². The van der Waals surface area contributed by atoms with Gasteiger partial charge in [0.05, 0.1) is 11.9 Å². The zero-order valence-corrected chi connectivity index (χ0v) is 14.0. The number of anilines is 1. The summed E-state index contributed by atoms with van der Waals surface area (Å²) in [5.74, 6) is 0.583. The lowest BCUT2D eigenvalue weighted by Crippen LogP contribution is -2.36. The molecule has 1 atom stereocenters. The van der Waals surface area contributed by atoms with Crippen LogP contribution in [0.1, 0.15) is 23.6 Å². The lowest BCUT2D eigenvalue weighted by molar-refractivity contribution is 0.249. The number of hydrogen-bond donors (Lipinski definition) is 2. The maximum absolute atomic E-state index is 11.9. The first kappa shape index (κ1) is 16.9. The lowest BCUT2D eigenvalue weighted by atomic mass is 9.99. The third-order valence-electron chi connectivity index (χ3n) is 4.39. The minimum atomic E-state index is -0.259. The average molecular weight is 335 g/mol. The second-order valence-electron chi connectivity index (χ2n) is 6.12. The molecule has 1 aliphatic rings. The monoisotopic (exact) mass is 335 g/mol. The molecule has 0 spiro atoms. The summed E-state index contributed by atoms with van der Waals surface area (Å²) in [6.45, 7) is 3.52. The Hall–Kier alpha value is -2.91. The molecular formula is C19H21N5O. The molecule has 2 heterocycles. The minimum Gasteiger partial charge on any atom is -0.337 e. The SMILES string of the molecule is N#Cc1ccc(NC(=O)NCCN2CCC(c3ccccc3)C2)cn1. The Morgan fingerprint density at radius 3 is 2.84 bits per heavy atom. The highest BCUT2D eigenvalue weighted by Gasteiger charge is 2.23. The first-order valence-corrected chi connectivity index (χ1v) is 8.43. The molecule has 1 saturated heterocycles. The highest BCUT2D eigenvalue weighted by Crippen LogP contribution is 2.26. The standard InChI is InChI=1S/C19H21N5O/c20-12-17-6-7-18(13-22-17)23-19(25)21-9-11-24-10-8-16(14-24)15-4-2-1-3-5-15/h1-7,13,16H,8-11,14H2,(H2,21,23,25). The van der Waals surface area contributed by atoms with E-state index in [9.17, 15) is 4.79 Å². The smallest absolute Gasteiger partial charge is 0.319 e. The molecule has 3 rings (SSSR count). The van der Waals surface area contributed by atoms with E-state index in [-0.39, 0.29) is 6.03 Å². The predicted molar refractivity (Wildman–Crippen MR) is 96.2 cm³/mol. The number of nitrogens with one attached hydrogen (secondary N) is 2. The summed E-state index contributed by atoms with van der Waals surface area (Å²) in [6, 6.07) is 15.5. The van der Waals surface area contributed by atoms with E-state index in [1.807, 2.05) is 12.1 Å². The van der Waals surface area contributed by atoms with Crippen molar-refractivity contribution in [1.82, 2.24) is 15.2 Å². The summed E-state index contributed by atoms with van der Waals surface area (Å²) in [5, 5.41) is 14.3. The fraction of sp³-hybridized carbons (Fsp3) is 0.316. The van der Waals surface area contributed by atoms with Crippen molar-refractivity contribution in [1.29, 1.82) is 5.26 Å². The minimum absolute atomic E-state index is 0.259. The van der Waals surface area contributed by atoms with Crippen LogP contribution in [0.3, 0.4) is 0 Å². The Morgan fingerprint density at radius 2 is 2.12 bits per heavy atom. The molecule has 1 unspecified atom stereocenters. The zero-order chi connectivity index (χ0) is 17.5. The normalized spacial score (nSPS) is 17.0. The molecule has 2 amide bonds. The molecule has 0 aliphatic carbocycles. The summed E-state index contributed by atoms with van der Waals surface area (Å²) in [6.07, 6.45) is 2.64. The van der Waals surface area contributed by atoms with Crippen molar-refractivity contribution < 1.29 is 4.79 Å². The van der Waals surface area contributed by atoms with Gasteiger partial charge in [-0.15, -0.1) is 0 Å². The summed E-state index contributed by atoms with van der Waals surface area (Å²) in [7, 11) is 0. The van der Waals surface area contributed by atoms with Gasteiger partial charge < -0.3 is 15.5 Å². The van der Waals surface area contributed by atoms with E-state index in [2.05, 4.69) is 44.8 Å². The molecule has 6 heteroatoms. The first-order valence-electron chi connectivity index (χ1n) is 8.43. The van der Waals surface area contributed by atoms with Gasteiger partial charge in [-0.25, -0.2) is 9.78 Å². The van der Waals surface area contributed by atoms with Crippen LogP contribution >= 0.6 is 0 Å². The van der Waals surface area contributed by atoms with Gasteiger partial charge in [-0.3, -0.25) is 0 Å². The zero-order valence-electron chi connectivity index (χ0n) is 14.0. The fourth-order valence-electron chi connectivity index (χ4n) is 3.07. The molecular weight excluding hydrogens is 314 g/mol. The van der Waals surface area contributed by atoms with Crippen molar-refractivity contribution in [2.45, 2.75) is 12.3 Å². The Balaban J connectivity index is 1.38. The van der Waals surface area contributed by atoms with Crippen LogP contribution in [0.15, 0.2) is 48.7 Å². The number of benzene rings is 1. The van der Waals surface area contributed by atoms with Gasteiger partial charge in [0.1, 0.15) is 11.8 Å². The predicted octanol–water partition coefficient (Wildman–Crippen LogP) is 2.56. The summed E-state index contributed by atoms with van der Waals surface area (Å²) >= 11 is 0. The van der Waals surface area contributed by atoms with Gasteiger partial charge in [0.15, 0.2) is 0 Å². The van der Waals surface area contributed by atoms with E-state index >= 15 is 0 Å². The molecule has 25 heavy (non-hydrogen) atoms. The van der Waals surface area contributed by atoms with Crippen molar-refractivity contribution in [2.24, 2.45) is 0 Å². The van der Waals surface area contributed by atoms with Crippen molar-refractivity contribution in [3.63, 3.8) is 0 Å². The number of nitrogens with zero attached hydrogens (tertiary/aromatic N) is 3. The number of amides is 2. The van der Waals surface area contributed by atoms with E-state index in [4.69, 9.17) is 5.26 Å². The van der Waals surface area contributed by atoms with Gasteiger partial charge in [0.25, 0.3) is 0 Å². The summed E-state index contributed by atoms with van der Waals surface area (Å²) < 4.78 is 0. The number of hydrogen-bond acceptors (Lipinski definition) is 4. The van der Waals surface area contributed by atoms with Crippen molar-refractivity contribution in [3.8, 4) is 6.07 Å². The Bertz CT molecular complexity index is 739. The first-order chi connectivity index (χ1) is 12.2. The number of aromatic nitrogens is 1. The number of likely N-dealkylation sites (tertiary alicyclic amines) is 1. The Morgan fingerprint density at radius 1 is 1.28 bits per heavy atom. The molecule has 1 fully saturated rings. The van der Waals surface area contributed by atoms with Crippen LogP contribution in [0.25, 0.3) is 0 Å². The molecule has 0 radical (unpaired) electrons. The van der Waals surface area contributed by atoms with Gasteiger partial charge in [-0.05, 0) is 36.6 Å². The fourth-order valence-corrected chi connectivity index (χ4v) is 3.07. The molecule has 1 aromatic carbocycles. The van der Waals surface area contributed by atoms with E-state index < -0.39 is 0 Å².